The van der Waals surface area contributed by atoms with Gasteiger partial charge < -0.3 is 15.0 Å². The molecule has 7 heteroatoms. The van der Waals surface area contributed by atoms with Crippen molar-refractivity contribution in [3.05, 3.63) is 55.9 Å². The van der Waals surface area contributed by atoms with Gasteiger partial charge in [-0.05, 0) is 68.9 Å². The minimum absolute atomic E-state index is 0.176. The molecule has 0 spiro atoms. The van der Waals surface area contributed by atoms with E-state index in [-0.39, 0.29) is 11.6 Å². The van der Waals surface area contributed by atoms with Crippen molar-refractivity contribution in [2.75, 3.05) is 11.9 Å². The summed E-state index contributed by atoms with van der Waals surface area (Å²) in [5.74, 6) is 0.142. The predicted octanol–water partition coefficient (Wildman–Crippen LogP) is 4.13. The van der Waals surface area contributed by atoms with Crippen LogP contribution in [0.25, 0.3) is 10.2 Å². The number of thiophene rings is 1. The van der Waals surface area contributed by atoms with E-state index in [9.17, 15) is 9.59 Å². The van der Waals surface area contributed by atoms with Gasteiger partial charge in [-0.3, -0.25) is 4.79 Å². The number of esters is 1. The number of rotatable bonds is 5. The van der Waals surface area contributed by atoms with Gasteiger partial charge in [0.15, 0.2) is 0 Å². The number of aromatic amines is 1. The summed E-state index contributed by atoms with van der Waals surface area (Å²) in [7, 11) is 0. The molecule has 1 aliphatic carbocycles. The van der Waals surface area contributed by atoms with Gasteiger partial charge in [0.05, 0.1) is 18.0 Å². The van der Waals surface area contributed by atoms with Gasteiger partial charge in [0.25, 0.3) is 5.56 Å². The van der Waals surface area contributed by atoms with Crippen molar-refractivity contribution in [2.45, 2.75) is 46.1 Å². The van der Waals surface area contributed by atoms with Crippen LogP contribution in [0.1, 0.15) is 58.5 Å². The van der Waals surface area contributed by atoms with Gasteiger partial charge in [-0.15, -0.1) is 11.3 Å². The highest BCUT2D eigenvalue weighted by Gasteiger charge is 2.21. The number of ether oxygens (including phenoxy) is 1. The first-order valence-corrected chi connectivity index (χ1v) is 10.4. The fourth-order valence-electron chi connectivity index (χ4n) is 3.74. The Morgan fingerprint density at radius 2 is 2.14 bits per heavy atom. The average molecular weight is 398 g/mol. The van der Waals surface area contributed by atoms with Crippen LogP contribution in [0.15, 0.2) is 23.0 Å². The number of carbonyl (C=O) groups excluding carboxylic acids is 1. The van der Waals surface area contributed by atoms with Gasteiger partial charge in [-0.2, -0.15) is 0 Å². The summed E-state index contributed by atoms with van der Waals surface area (Å²) in [6, 6.07) is 6.25. The first kappa shape index (κ1) is 18.7. The summed E-state index contributed by atoms with van der Waals surface area (Å²) in [6.45, 7) is 5.78. The molecule has 0 amide bonds. The second-order valence-corrected chi connectivity index (χ2v) is 8.11. The lowest BCUT2D eigenvalue weighted by Crippen LogP contribution is -2.17. The third kappa shape index (κ3) is 3.30. The monoisotopic (exact) mass is 397 g/mol. The van der Waals surface area contributed by atoms with Gasteiger partial charge in [-0.25, -0.2) is 9.78 Å². The molecule has 0 bridgehead atoms. The number of hydrogen-bond donors (Lipinski definition) is 2. The lowest BCUT2D eigenvalue weighted by molar-refractivity contribution is 0.0531. The average Bonchev–Trinajstić information content (AvgIpc) is 3.26. The molecular formula is C21H23N3O3S. The van der Waals surface area contributed by atoms with Crippen LogP contribution in [-0.2, 0) is 17.6 Å². The van der Waals surface area contributed by atoms with Crippen LogP contribution in [-0.4, -0.2) is 22.5 Å². The lowest BCUT2D eigenvalue weighted by Gasteiger charge is -2.15. The van der Waals surface area contributed by atoms with E-state index >= 15 is 0 Å². The van der Waals surface area contributed by atoms with E-state index in [0.29, 0.717) is 33.1 Å². The van der Waals surface area contributed by atoms with Crippen LogP contribution in [0.3, 0.4) is 0 Å². The Morgan fingerprint density at radius 3 is 2.93 bits per heavy atom. The molecule has 28 heavy (non-hydrogen) atoms. The van der Waals surface area contributed by atoms with E-state index in [2.05, 4.69) is 33.5 Å². The van der Waals surface area contributed by atoms with E-state index in [1.807, 2.05) is 6.92 Å². The minimum atomic E-state index is -0.409. The van der Waals surface area contributed by atoms with E-state index < -0.39 is 5.97 Å². The Labute approximate surface area is 167 Å². The Hall–Kier alpha value is -2.67. The quantitative estimate of drug-likeness (QED) is 0.633. The maximum atomic E-state index is 12.7. The van der Waals surface area contributed by atoms with Gasteiger partial charge in [0, 0.05) is 5.69 Å². The summed E-state index contributed by atoms with van der Waals surface area (Å²) < 4.78 is 5.09. The summed E-state index contributed by atoms with van der Waals surface area (Å²) in [4.78, 5) is 33.3. The van der Waals surface area contributed by atoms with Crippen LogP contribution in [0.5, 0.6) is 0 Å². The van der Waals surface area contributed by atoms with Gasteiger partial charge in [-0.1, -0.05) is 6.07 Å². The molecule has 0 saturated carbocycles. The van der Waals surface area contributed by atoms with E-state index in [0.717, 1.165) is 18.5 Å². The molecule has 1 atom stereocenters. The van der Waals surface area contributed by atoms with E-state index in [4.69, 9.17) is 4.74 Å². The first-order chi connectivity index (χ1) is 13.5. The third-order valence-corrected chi connectivity index (χ3v) is 6.34. The fourth-order valence-corrected chi connectivity index (χ4v) is 4.82. The number of nitrogens with zero attached hydrogens (tertiary/aromatic N) is 1. The highest BCUT2D eigenvalue weighted by molar-refractivity contribution is 7.20. The normalized spacial score (nSPS) is 14.1. The second-order valence-electron chi connectivity index (χ2n) is 7.11. The number of aryl methyl sites for hydroxylation is 3. The summed E-state index contributed by atoms with van der Waals surface area (Å²) in [5, 5.41) is 3.88. The first-order valence-electron chi connectivity index (χ1n) is 9.56. The zero-order valence-corrected chi connectivity index (χ0v) is 17.0. The number of anilines is 1. The largest absolute Gasteiger partial charge is 0.462 e. The molecule has 2 heterocycles. The van der Waals surface area contributed by atoms with E-state index in [1.54, 1.807) is 13.8 Å². The van der Waals surface area contributed by atoms with Gasteiger partial charge in [0.1, 0.15) is 15.5 Å². The second kappa shape index (κ2) is 7.39. The number of carbonyl (C=O) groups is 1. The van der Waals surface area contributed by atoms with Crippen LogP contribution >= 0.6 is 11.3 Å². The summed E-state index contributed by atoms with van der Waals surface area (Å²) >= 11 is 1.21. The molecule has 4 rings (SSSR count). The molecule has 0 fully saturated rings. The Bertz CT molecular complexity index is 1120. The van der Waals surface area contributed by atoms with Crippen molar-refractivity contribution in [1.29, 1.82) is 0 Å². The van der Waals surface area contributed by atoms with Crippen molar-refractivity contribution in [2.24, 2.45) is 0 Å². The lowest BCUT2D eigenvalue weighted by atomic mass is 10.1. The van der Waals surface area contributed by atoms with Gasteiger partial charge in [0.2, 0.25) is 0 Å². The van der Waals surface area contributed by atoms with Crippen LogP contribution < -0.4 is 10.9 Å². The predicted molar refractivity (Wildman–Crippen MR) is 111 cm³/mol. The van der Waals surface area contributed by atoms with Crippen LogP contribution in [0, 0.1) is 6.92 Å². The number of fused-ring (bicyclic) bond motifs is 2. The van der Waals surface area contributed by atoms with Crippen molar-refractivity contribution in [1.82, 2.24) is 9.97 Å². The van der Waals surface area contributed by atoms with Crippen molar-refractivity contribution >= 4 is 33.2 Å². The van der Waals surface area contributed by atoms with Gasteiger partial charge >= 0.3 is 5.97 Å². The minimum Gasteiger partial charge on any atom is -0.462 e. The van der Waals surface area contributed by atoms with Crippen molar-refractivity contribution in [3.63, 3.8) is 0 Å². The SMILES string of the molecule is CCOC(=O)c1sc2nc([C@H](C)Nc3ccc4c(c3)CCC4)[nH]c(=O)c2c1C. The Balaban J connectivity index is 1.65. The summed E-state index contributed by atoms with van der Waals surface area (Å²) in [6.07, 6.45) is 3.48. The highest BCUT2D eigenvalue weighted by Crippen LogP contribution is 2.29. The molecule has 0 saturated heterocycles. The van der Waals surface area contributed by atoms with Crippen molar-refractivity contribution < 1.29 is 9.53 Å². The zero-order valence-electron chi connectivity index (χ0n) is 16.2. The molecule has 2 N–H and O–H groups in total. The topological polar surface area (TPSA) is 84.1 Å². The number of aromatic nitrogens is 2. The highest BCUT2D eigenvalue weighted by atomic mass is 32.1. The number of hydrogen-bond acceptors (Lipinski definition) is 6. The zero-order chi connectivity index (χ0) is 19.8. The maximum absolute atomic E-state index is 12.7. The van der Waals surface area contributed by atoms with Crippen molar-refractivity contribution in [3.8, 4) is 0 Å². The number of benzene rings is 1. The Kier molecular flexibility index (Phi) is 4.93. The molecule has 1 aromatic carbocycles. The van der Waals surface area contributed by atoms with E-state index in [1.165, 1.54) is 28.9 Å². The molecular weight excluding hydrogens is 374 g/mol. The van der Waals surface area contributed by atoms with Crippen LogP contribution in [0.4, 0.5) is 5.69 Å². The molecule has 3 aromatic rings. The fraction of sp³-hybridized carbons (Fsp3) is 0.381. The molecule has 0 aliphatic heterocycles. The Morgan fingerprint density at radius 1 is 1.36 bits per heavy atom. The smallest absolute Gasteiger partial charge is 0.348 e. The molecule has 2 aromatic heterocycles. The molecule has 6 nitrogen and oxygen atoms in total. The molecule has 0 unspecified atom stereocenters. The molecule has 1 aliphatic rings. The number of nitrogens with one attached hydrogen (secondary N) is 2. The number of H-pyrrole nitrogens is 1. The third-order valence-electron chi connectivity index (χ3n) is 5.17. The molecule has 146 valence electrons. The summed E-state index contributed by atoms with van der Waals surface area (Å²) in [5.41, 5.74) is 4.23. The standard InChI is InChI=1S/C21H23N3O3S/c1-4-27-21(26)17-11(2)16-19(25)23-18(24-20(16)28-17)12(3)22-15-9-8-13-6-5-7-14(13)10-15/h8-10,12,22H,4-7H2,1-3H3,(H,23,24,25)/t12-/m0/s1. The maximum Gasteiger partial charge on any atom is 0.348 e. The van der Waals surface area contributed by atoms with Crippen LogP contribution in [0.2, 0.25) is 0 Å². The molecule has 0 radical (unpaired) electrons.